The maximum atomic E-state index is 11.3. The first-order valence-corrected chi connectivity index (χ1v) is 6.39. The zero-order valence-electron chi connectivity index (χ0n) is 10.9. The molecule has 16 heavy (non-hydrogen) atoms. The van der Waals surface area contributed by atoms with Crippen molar-refractivity contribution in [2.24, 2.45) is 0 Å². The molecule has 94 valence electrons. The number of methoxy groups -OCH3 is 1. The lowest BCUT2D eigenvalue weighted by molar-refractivity contribution is -0.118. The maximum absolute atomic E-state index is 11.3. The summed E-state index contributed by atoms with van der Waals surface area (Å²) in [6.45, 7) is 5.77. The molecule has 1 rings (SSSR count). The molecule has 0 amide bonds. The average molecular weight is 227 g/mol. The highest BCUT2D eigenvalue weighted by atomic mass is 16.5. The van der Waals surface area contributed by atoms with Crippen molar-refractivity contribution in [3.63, 3.8) is 0 Å². The molecule has 2 unspecified atom stereocenters. The summed E-state index contributed by atoms with van der Waals surface area (Å²) < 4.78 is 5.22. The first-order chi connectivity index (χ1) is 7.65. The summed E-state index contributed by atoms with van der Waals surface area (Å²) >= 11 is 0. The van der Waals surface area contributed by atoms with E-state index < -0.39 is 0 Å². The minimum atomic E-state index is 0.307. The Morgan fingerprint density at radius 1 is 1.44 bits per heavy atom. The fourth-order valence-corrected chi connectivity index (χ4v) is 2.67. The third-order valence-corrected chi connectivity index (χ3v) is 3.42. The van der Waals surface area contributed by atoms with Gasteiger partial charge in [0.15, 0.2) is 0 Å². The molecule has 1 saturated heterocycles. The van der Waals surface area contributed by atoms with E-state index in [0.29, 0.717) is 24.3 Å². The summed E-state index contributed by atoms with van der Waals surface area (Å²) in [5.74, 6) is 0.307. The highest BCUT2D eigenvalue weighted by Gasteiger charge is 2.25. The molecule has 0 aromatic heterocycles. The molecule has 1 fully saturated rings. The average Bonchev–Trinajstić information content (AvgIpc) is 2.43. The third-order valence-electron chi connectivity index (χ3n) is 3.42. The molecule has 3 heteroatoms. The molecule has 0 aromatic rings. The van der Waals surface area contributed by atoms with Crippen LogP contribution in [0.2, 0.25) is 0 Å². The normalized spacial score (nSPS) is 25.1. The van der Waals surface area contributed by atoms with E-state index in [2.05, 4.69) is 11.8 Å². The smallest absolute Gasteiger partial charge is 0.131 e. The first kappa shape index (κ1) is 13.7. The molecule has 0 N–H and O–H groups in total. The minimum absolute atomic E-state index is 0.307. The van der Waals surface area contributed by atoms with Crippen molar-refractivity contribution in [2.45, 2.75) is 58.0 Å². The summed E-state index contributed by atoms with van der Waals surface area (Å²) in [4.78, 5) is 13.8. The van der Waals surface area contributed by atoms with Crippen LogP contribution in [0.15, 0.2) is 0 Å². The lowest BCUT2D eigenvalue weighted by Crippen LogP contribution is -2.44. The summed E-state index contributed by atoms with van der Waals surface area (Å²) in [6, 6.07) is 0.859. The van der Waals surface area contributed by atoms with Crippen molar-refractivity contribution in [2.75, 3.05) is 20.3 Å². The summed E-state index contributed by atoms with van der Waals surface area (Å²) in [7, 11) is 1.74. The monoisotopic (exact) mass is 227 g/mol. The molecular formula is C13H25NO2. The van der Waals surface area contributed by atoms with Crippen LogP contribution in [-0.2, 0) is 9.53 Å². The number of ketones is 1. The van der Waals surface area contributed by atoms with Crippen molar-refractivity contribution in [3.05, 3.63) is 0 Å². The third kappa shape index (κ3) is 4.22. The molecule has 0 saturated carbocycles. The van der Waals surface area contributed by atoms with Crippen molar-refractivity contribution >= 4 is 5.78 Å². The predicted octanol–water partition coefficient (Wildman–Crippen LogP) is 2.25. The lowest BCUT2D eigenvalue weighted by Gasteiger charge is -2.34. The van der Waals surface area contributed by atoms with E-state index in [1.54, 1.807) is 14.0 Å². The SMILES string of the molecule is COCC(C)N1CCCCCC1CC(C)=O. The fraction of sp³-hybridized carbons (Fsp3) is 0.923. The topological polar surface area (TPSA) is 29.5 Å². The Bertz CT molecular complexity index is 218. The van der Waals surface area contributed by atoms with Gasteiger partial charge < -0.3 is 4.74 Å². The van der Waals surface area contributed by atoms with Gasteiger partial charge in [-0.15, -0.1) is 0 Å². The highest BCUT2D eigenvalue weighted by Crippen LogP contribution is 2.21. The number of likely N-dealkylation sites (tertiary alicyclic amines) is 1. The Morgan fingerprint density at radius 3 is 2.81 bits per heavy atom. The standard InChI is InChI=1S/C13H25NO2/c1-11(10-16-3)14-8-6-4-5-7-13(14)9-12(2)15/h11,13H,4-10H2,1-3H3. The number of Topliss-reactive ketones (excluding diaryl/α,β-unsaturated/α-hetero) is 1. The number of carbonyl (C=O) groups is 1. The van der Waals surface area contributed by atoms with Crippen LogP contribution in [0.5, 0.6) is 0 Å². The second-order valence-corrected chi connectivity index (χ2v) is 4.95. The molecule has 0 spiro atoms. The maximum Gasteiger partial charge on any atom is 0.131 e. The van der Waals surface area contributed by atoms with E-state index in [1.807, 2.05) is 0 Å². The number of ether oxygens (including phenoxy) is 1. The molecule has 0 aliphatic carbocycles. The summed E-state index contributed by atoms with van der Waals surface area (Å²) in [6.07, 6.45) is 5.67. The lowest BCUT2D eigenvalue weighted by atomic mass is 10.0. The van der Waals surface area contributed by atoms with Crippen LogP contribution in [0, 0.1) is 0 Å². The summed E-state index contributed by atoms with van der Waals surface area (Å²) in [5.41, 5.74) is 0. The Kier molecular flexibility index (Phi) is 5.99. The summed E-state index contributed by atoms with van der Waals surface area (Å²) in [5, 5.41) is 0. The number of hydrogen-bond donors (Lipinski definition) is 0. The van der Waals surface area contributed by atoms with E-state index in [4.69, 9.17) is 4.74 Å². The van der Waals surface area contributed by atoms with Gasteiger partial charge in [0.25, 0.3) is 0 Å². The van der Waals surface area contributed by atoms with Gasteiger partial charge >= 0.3 is 0 Å². The van der Waals surface area contributed by atoms with Crippen LogP contribution in [-0.4, -0.2) is 43.0 Å². The van der Waals surface area contributed by atoms with Gasteiger partial charge in [0.1, 0.15) is 5.78 Å². The molecule has 2 atom stereocenters. The Hall–Kier alpha value is -0.410. The van der Waals surface area contributed by atoms with Crippen LogP contribution in [0.25, 0.3) is 0 Å². The van der Waals surface area contributed by atoms with Crippen molar-refractivity contribution in [1.29, 1.82) is 0 Å². The van der Waals surface area contributed by atoms with Gasteiger partial charge in [-0.1, -0.05) is 12.8 Å². The second-order valence-electron chi connectivity index (χ2n) is 4.95. The zero-order valence-corrected chi connectivity index (χ0v) is 10.9. The van der Waals surface area contributed by atoms with Crippen molar-refractivity contribution in [3.8, 4) is 0 Å². The van der Waals surface area contributed by atoms with Crippen LogP contribution < -0.4 is 0 Å². The number of rotatable bonds is 5. The fourth-order valence-electron chi connectivity index (χ4n) is 2.67. The molecule has 1 aliphatic rings. The van der Waals surface area contributed by atoms with Crippen LogP contribution in [0.4, 0.5) is 0 Å². The van der Waals surface area contributed by atoms with Crippen LogP contribution >= 0.6 is 0 Å². The second kappa shape index (κ2) is 7.02. The highest BCUT2D eigenvalue weighted by molar-refractivity contribution is 5.76. The van der Waals surface area contributed by atoms with Crippen LogP contribution in [0.3, 0.4) is 0 Å². The molecular weight excluding hydrogens is 202 g/mol. The number of hydrogen-bond acceptors (Lipinski definition) is 3. The Balaban J connectivity index is 2.61. The molecule has 0 bridgehead atoms. The molecule has 3 nitrogen and oxygen atoms in total. The predicted molar refractivity (Wildman–Crippen MR) is 65.6 cm³/mol. The molecule has 0 radical (unpaired) electrons. The van der Waals surface area contributed by atoms with E-state index >= 15 is 0 Å². The van der Waals surface area contributed by atoms with E-state index in [1.165, 1.54) is 19.3 Å². The molecule has 1 heterocycles. The van der Waals surface area contributed by atoms with E-state index in [-0.39, 0.29) is 0 Å². The Morgan fingerprint density at radius 2 is 2.19 bits per heavy atom. The quantitative estimate of drug-likeness (QED) is 0.721. The van der Waals surface area contributed by atoms with E-state index in [0.717, 1.165) is 19.6 Å². The largest absolute Gasteiger partial charge is 0.383 e. The minimum Gasteiger partial charge on any atom is -0.383 e. The van der Waals surface area contributed by atoms with Crippen LogP contribution in [0.1, 0.15) is 46.0 Å². The van der Waals surface area contributed by atoms with Gasteiger partial charge in [-0.2, -0.15) is 0 Å². The molecule has 0 aromatic carbocycles. The van der Waals surface area contributed by atoms with E-state index in [9.17, 15) is 4.79 Å². The van der Waals surface area contributed by atoms with Gasteiger partial charge in [-0.3, -0.25) is 9.69 Å². The van der Waals surface area contributed by atoms with Gasteiger partial charge in [-0.05, 0) is 33.2 Å². The first-order valence-electron chi connectivity index (χ1n) is 6.39. The van der Waals surface area contributed by atoms with Gasteiger partial charge in [0.05, 0.1) is 6.61 Å². The molecule has 1 aliphatic heterocycles. The van der Waals surface area contributed by atoms with Gasteiger partial charge in [0, 0.05) is 25.6 Å². The van der Waals surface area contributed by atoms with Gasteiger partial charge in [-0.25, -0.2) is 0 Å². The number of nitrogens with zero attached hydrogens (tertiary/aromatic N) is 1. The van der Waals surface area contributed by atoms with Crippen molar-refractivity contribution in [1.82, 2.24) is 4.90 Å². The Labute approximate surface area is 99.1 Å². The van der Waals surface area contributed by atoms with Crippen molar-refractivity contribution < 1.29 is 9.53 Å². The zero-order chi connectivity index (χ0) is 12.0. The number of carbonyl (C=O) groups excluding carboxylic acids is 1. The van der Waals surface area contributed by atoms with Gasteiger partial charge in [0.2, 0.25) is 0 Å².